The molecule has 2 aliphatic rings. The first kappa shape index (κ1) is 16.3. The Morgan fingerprint density at radius 3 is 2.52 bits per heavy atom. The molecule has 1 N–H and O–H groups in total. The van der Waals surface area contributed by atoms with Crippen LogP contribution in [0.25, 0.3) is 0 Å². The monoisotopic (exact) mass is 316 g/mol. The number of nitrogens with zero attached hydrogens (tertiary/aromatic N) is 1. The predicted octanol–water partition coefficient (Wildman–Crippen LogP) is 3.42. The van der Waals surface area contributed by atoms with Crippen LogP contribution in [0.1, 0.15) is 39.2 Å². The summed E-state index contributed by atoms with van der Waals surface area (Å²) in [6, 6.07) is 10.8. The third kappa shape index (κ3) is 4.71. The largest absolute Gasteiger partial charge is 0.444 e. The first-order valence-corrected chi connectivity index (χ1v) is 8.66. The van der Waals surface area contributed by atoms with E-state index in [9.17, 15) is 4.79 Å². The molecule has 23 heavy (non-hydrogen) atoms. The summed E-state index contributed by atoms with van der Waals surface area (Å²) in [4.78, 5) is 14.6. The zero-order valence-corrected chi connectivity index (χ0v) is 14.4. The van der Waals surface area contributed by atoms with Crippen LogP contribution >= 0.6 is 0 Å². The van der Waals surface area contributed by atoms with E-state index >= 15 is 0 Å². The maximum atomic E-state index is 12.1. The minimum Gasteiger partial charge on any atom is -0.444 e. The van der Waals surface area contributed by atoms with Crippen LogP contribution < -0.4 is 5.32 Å². The molecule has 1 aromatic carbocycles. The quantitative estimate of drug-likeness (QED) is 0.925. The van der Waals surface area contributed by atoms with Gasteiger partial charge in [0.1, 0.15) is 5.60 Å². The fourth-order valence-electron chi connectivity index (χ4n) is 3.50. The lowest BCUT2D eigenvalue weighted by Gasteiger charge is -2.24. The molecule has 1 amide bonds. The van der Waals surface area contributed by atoms with Crippen molar-refractivity contribution in [1.82, 2.24) is 10.2 Å². The van der Waals surface area contributed by atoms with E-state index in [4.69, 9.17) is 4.74 Å². The van der Waals surface area contributed by atoms with Gasteiger partial charge in [-0.25, -0.2) is 4.79 Å². The van der Waals surface area contributed by atoms with Crippen molar-refractivity contribution in [2.75, 3.05) is 13.1 Å². The summed E-state index contributed by atoms with van der Waals surface area (Å²) < 4.78 is 5.43. The third-order valence-electron chi connectivity index (χ3n) is 4.62. The molecule has 1 saturated heterocycles. The normalized spacial score (nSPS) is 25.3. The van der Waals surface area contributed by atoms with Gasteiger partial charge in [-0.15, -0.1) is 0 Å². The van der Waals surface area contributed by atoms with E-state index in [2.05, 4.69) is 34.5 Å². The number of benzene rings is 1. The Kier molecular flexibility index (Phi) is 4.62. The molecule has 3 rings (SSSR count). The van der Waals surface area contributed by atoms with Gasteiger partial charge in [0.05, 0.1) is 0 Å². The van der Waals surface area contributed by atoms with Crippen molar-refractivity contribution in [2.45, 2.75) is 51.8 Å². The van der Waals surface area contributed by atoms with Gasteiger partial charge in [-0.3, -0.25) is 4.90 Å². The third-order valence-corrected chi connectivity index (χ3v) is 4.62. The van der Waals surface area contributed by atoms with Gasteiger partial charge in [0.25, 0.3) is 0 Å². The molecule has 4 heteroatoms. The smallest absolute Gasteiger partial charge is 0.407 e. The van der Waals surface area contributed by atoms with E-state index < -0.39 is 5.60 Å². The Balaban J connectivity index is 1.59. The second-order valence-corrected chi connectivity index (χ2v) is 7.93. The predicted molar refractivity (Wildman–Crippen MR) is 91.1 cm³/mol. The average molecular weight is 316 g/mol. The molecule has 2 atom stereocenters. The molecular formula is C19H28N2O2. The van der Waals surface area contributed by atoms with E-state index in [0.29, 0.717) is 5.92 Å². The lowest BCUT2D eigenvalue weighted by Crippen LogP contribution is -2.43. The topological polar surface area (TPSA) is 41.6 Å². The summed E-state index contributed by atoms with van der Waals surface area (Å²) in [6.07, 6.45) is 2.32. The van der Waals surface area contributed by atoms with E-state index in [1.54, 1.807) is 0 Å². The molecule has 0 aromatic heterocycles. The van der Waals surface area contributed by atoms with Gasteiger partial charge < -0.3 is 10.1 Å². The van der Waals surface area contributed by atoms with Crippen LogP contribution in [-0.2, 0) is 11.3 Å². The Bertz CT molecular complexity index is 534. The molecule has 1 saturated carbocycles. The van der Waals surface area contributed by atoms with E-state index in [0.717, 1.165) is 25.6 Å². The maximum absolute atomic E-state index is 12.1. The molecule has 1 heterocycles. The lowest BCUT2D eigenvalue weighted by molar-refractivity contribution is 0.0493. The molecule has 0 bridgehead atoms. The van der Waals surface area contributed by atoms with Crippen LogP contribution in [0.15, 0.2) is 30.3 Å². The number of carbonyl (C=O) groups is 1. The van der Waals surface area contributed by atoms with Gasteiger partial charge in [0.2, 0.25) is 0 Å². The van der Waals surface area contributed by atoms with Crippen LogP contribution in [0.5, 0.6) is 0 Å². The lowest BCUT2D eigenvalue weighted by atomic mass is 9.98. The molecule has 0 spiro atoms. The summed E-state index contributed by atoms with van der Waals surface area (Å²) >= 11 is 0. The highest BCUT2D eigenvalue weighted by molar-refractivity contribution is 5.68. The number of hydrogen-bond acceptors (Lipinski definition) is 3. The number of nitrogens with one attached hydrogen (secondary N) is 1. The molecule has 0 unspecified atom stereocenters. The summed E-state index contributed by atoms with van der Waals surface area (Å²) in [5.74, 6) is 1.34. The highest BCUT2D eigenvalue weighted by atomic mass is 16.6. The zero-order chi connectivity index (χ0) is 16.4. The van der Waals surface area contributed by atoms with Gasteiger partial charge in [0.15, 0.2) is 0 Å². The van der Waals surface area contributed by atoms with E-state index in [1.807, 2.05) is 26.8 Å². The molecule has 0 radical (unpaired) electrons. The van der Waals surface area contributed by atoms with Gasteiger partial charge in [-0.2, -0.15) is 0 Å². The van der Waals surface area contributed by atoms with Crippen molar-refractivity contribution in [3.05, 3.63) is 35.9 Å². The molecule has 1 aromatic rings. The Morgan fingerprint density at radius 2 is 1.91 bits per heavy atom. The summed E-state index contributed by atoms with van der Waals surface area (Å²) in [5.41, 5.74) is 0.890. The molecule has 2 fully saturated rings. The van der Waals surface area contributed by atoms with Crippen molar-refractivity contribution in [3.63, 3.8) is 0 Å². The second kappa shape index (κ2) is 6.52. The number of amides is 1. The van der Waals surface area contributed by atoms with Crippen LogP contribution in [0.2, 0.25) is 0 Å². The number of alkyl carbamates (subject to hydrolysis) is 1. The number of carbonyl (C=O) groups excluding carboxylic acids is 1. The summed E-state index contributed by atoms with van der Waals surface area (Å²) in [6.45, 7) is 8.65. The van der Waals surface area contributed by atoms with Gasteiger partial charge >= 0.3 is 6.09 Å². The van der Waals surface area contributed by atoms with Crippen molar-refractivity contribution >= 4 is 6.09 Å². The first-order chi connectivity index (χ1) is 10.9. The number of rotatable bonds is 4. The summed E-state index contributed by atoms with van der Waals surface area (Å²) in [7, 11) is 0. The Morgan fingerprint density at radius 1 is 1.22 bits per heavy atom. The summed E-state index contributed by atoms with van der Waals surface area (Å²) in [5, 5.41) is 3.12. The minimum absolute atomic E-state index is 0.209. The maximum Gasteiger partial charge on any atom is 0.407 e. The van der Waals surface area contributed by atoms with E-state index in [1.165, 1.54) is 18.4 Å². The van der Waals surface area contributed by atoms with Crippen LogP contribution in [-0.4, -0.2) is 35.7 Å². The number of ether oxygens (including phenoxy) is 1. The zero-order valence-electron chi connectivity index (χ0n) is 14.4. The fourth-order valence-corrected chi connectivity index (χ4v) is 3.50. The molecule has 4 nitrogen and oxygen atoms in total. The molecular weight excluding hydrogens is 288 g/mol. The molecule has 126 valence electrons. The van der Waals surface area contributed by atoms with Gasteiger partial charge in [-0.05, 0) is 51.0 Å². The van der Waals surface area contributed by atoms with Crippen LogP contribution in [0.3, 0.4) is 0 Å². The second-order valence-electron chi connectivity index (χ2n) is 7.93. The van der Waals surface area contributed by atoms with Gasteiger partial charge in [-0.1, -0.05) is 30.3 Å². The minimum atomic E-state index is -0.443. The Labute approximate surface area is 139 Å². The number of likely N-dealkylation sites (tertiary alicyclic amines) is 1. The SMILES string of the molecule is CC(C)(C)OC(=O)N[C@H]1CN(Cc2ccccc2)C[C@H]1C1CC1. The van der Waals surface area contributed by atoms with Gasteiger partial charge in [0, 0.05) is 25.7 Å². The van der Waals surface area contributed by atoms with Crippen molar-refractivity contribution in [3.8, 4) is 0 Å². The highest BCUT2D eigenvalue weighted by Crippen LogP contribution is 2.41. The first-order valence-electron chi connectivity index (χ1n) is 8.66. The molecule has 1 aliphatic carbocycles. The van der Waals surface area contributed by atoms with E-state index in [-0.39, 0.29) is 12.1 Å². The highest BCUT2D eigenvalue weighted by Gasteiger charge is 2.43. The standard InChI is InChI=1S/C19H28N2O2/c1-19(2,3)23-18(22)20-17-13-21(12-16(17)15-9-10-15)11-14-7-5-4-6-8-14/h4-8,15-17H,9-13H2,1-3H3,(H,20,22)/t16-,17-/m0/s1. The van der Waals surface area contributed by atoms with Crippen molar-refractivity contribution < 1.29 is 9.53 Å². The van der Waals surface area contributed by atoms with Crippen molar-refractivity contribution in [2.24, 2.45) is 11.8 Å². The average Bonchev–Trinajstić information content (AvgIpc) is 3.22. The van der Waals surface area contributed by atoms with Crippen molar-refractivity contribution in [1.29, 1.82) is 0 Å². The Hall–Kier alpha value is -1.55. The molecule has 1 aliphatic heterocycles. The van der Waals surface area contributed by atoms with Crippen LogP contribution in [0, 0.1) is 11.8 Å². The fraction of sp³-hybridized carbons (Fsp3) is 0.632. The number of hydrogen-bond donors (Lipinski definition) is 1. The van der Waals surface area contributed by atoms with Crippen LogP contribution in [0.4, 0.5) is 4.79 Å².